The van der Waals surface area contributed by atoms with Crippen molar-refractivity contribution in [3.63, 3.8) is 0 Å². The lowest BCUT2D eigenvalue weighted by atomic mass is 10.2. The Morgan fingerprint density at radius 2 is 2.27 bits per heavy atom. The molecule has 0 fully saturated rings. The van der Waals surface area contributed by atoms with Crippen LogP contribution in [0.5, 0.6) is 0 Å². The molecule has 0 aliphatic rings. The molecule has 15 heavy (non-hydrogen) atoms. The molecule has 4 nitrogen and oxygen atoms in total. The Hall–Kier alpha value is -2.28. The van der Waals surface area contributed by atoms with Crippen LogP contribution >= 0.6 is 0 Å². The molecular formula is C11H9N3O. The molecule has 0 spiro atoms. The number of carbonyl (C=O) groups excluding carboxylic acids is 1. The Kier molecular flexibility index (Phi) is 2.14. The summed E-state index contributed by atoms with van der Waals surface area (Å²) in [7, 11) is 1.58. The van der Waals surface area contributed by atoms with Crippen molar-refractivity contribution in [3.8, 4) is 6.07 Å². The Bertz CT molecular complexity index is 563. The number of H-pyrrole nitrogens is 1. The first-order chi connectivity index (χ1) is 7.24. The minimum absolute atomic E-state index is 0.162. The van der Waals surface area contributed by atoms with Gasteiger partial charge in [-0.05, 0) is 24.3 Å². The summed E-state index contributed by atoms with van der Waals surface area (Å²) >= 11 is 0. The van der Waals surface area contributed by atoms with Crippen LogP contribution in [0.25, 0.3) is 10.9 Å². The number of amides is 1. The number of aromatic amines is 1. The van der Waals surface area contributed by atoms with Crippen molar-refractivity contribution in [2.75, 3.05) is 7.05 Å². The van der Waals surface area contributed by atoms with Gasteiger partial charge < -0.3 is 10.3 Å². The van der Waals surface area contributed by atoms with E-state index in [0.717, 1.165) is 10.9 Å². The second kappa shape index (κ2) is 3.46. The summed E-state index contributed by atoms with van der Waals surface area (Å²) in [5.41, 5.74) is 1.94. The molecule has 1 aromatic carbocycles. The van der Waals surface area contributed by atoms with Crippen LogP contribution in [0.4, 0.5) is 0 Å². The fourth-order valence-electron chi connectivity index (χ4n) is 1.46. The number of aromatic nitrogens is 1. The normalized spacial score (nSPS) is 9.87. The molecule has 0 aliphatic heterocycles. The molecule has 2 rings (SSSR count). The number of benzene rings is 1. The fourth-order valence-corrected chi connectivity index (χ4v) is 1.46. The standard InChI is InChI=1S/C11H9N3O/c1-13-11(15)10-5-8-4-7(6-12)2-3-9(8)14-10/h2-5,14H,1H3,(H,13,15). The first kappa shape index (κ1) is 9.28. The second-order valence-electron chi connectivity index (χ2n) is 3.18. The van der Waals surface area contributed by atoms with Crippen LogP contribution in [0.2, 0.25) is 0 Å². The van der Waals surface area contributed by atoms with Crippen molar-refractivity contribution in [2.45, 2.75) is 0 Å². The lowest BCUT2D eigenvalue weighted by Gasteiger charge is -1.92. The molecule has 0 bridgehead atoms. The van der Waals surface area contributed by atoms with Gasteiger partial charge in [0.15, 0.2) is 0 Å². The number of nitriles is 1. The minimum atomic E-state index is -0.162. The van der Waals surface area contributed by atoms with Gasteiger partial charge in [0.05, 0.1) is 11.6 Å². The fraction of sp³-hybridized carbons (Fsp3) is 0.0909. The van der Waals surface area contributed by atoms with Gasteiger partial charge in [-0.1, -0.05) is 0 Å². The molecule has 0 saturated carbocycles. The van der Waals surface area contributed by atoms with Crippen molar-refractivity contribution in [1.29, 1.82) is 5.26 Å². The van der Waals surface area contributed by atoms with E-state index in [0.29, 0.717) is 11.3 Å². The average molecular weight is 199 g/mol. The van der Waals surface area contributed by atoms with E-state index in [1.165, 1.54) is 0 Å². The molecule has 0 unspecified atom stereocenters. The SMILES string of the molecule is CNC(=O)c1cc2cc(C#N)ccc2[nH]1. The molecule has 74 valence electrons. The monoisotopic (exact) mass is 199 g/mol. The molecule has 0 saturated heterocycles. The molecule has 1 aromatic heterocycles. The summed E-state index contributed by atoms with van der Waals surface area (Å²) in [6.45, 7) is 0. The number of rotatable bonds is 1. The zero-order valence-electron chi connectivity index (χ0n) is 8.16. The first-order valence-electron chi connectivity index (χ1n) is 4.49. The number of fused-ring (bicyclic) bond motifs is 1. The highest BCUT2D eigenvalue weighted by Crippen LogP contribution is 2.16. The number of hydrogen-bond acceptors (Lipinski definition) is 2. The van der Waals surface area contributed by atoms with E-state index >= 15 is 0 Å². The molecule has 0 aliphatic carbocycles. The maximum absolute atomic E-state index is 11.3. The van der Waals surface area contributed by atoms with Crippen LogP contribution in [0.1, 0.15) is 16.1 Å². The van der Waals surface area contributed by atoms with Gasteiger partial charge in [0.2, 0.25) is 0 Å². The minimum Gasteiger partial charge on any atom is -0.354 e. The van der Waals surface area contributed by atoms with Gasteiger partial charge in [0.1, 0.15) is 5.69 Å². The summed E-state index contributed by atoms with van der Waals surface area (Å²) in [6.07, 6.45) is 0. The van der Waals surface area contributed by atoms with Gasteiger partial charge in [0.25, 0.3) is 5.91 Å². The van der Waals surface area contributed by atoms with Gasteiger partial charge in [0, 0.05) is 18.0 Å². The van der Waals surface area contributed by atoms with Gasteiger partial charge >= 0.3 is 0 Å². The highest BCUT2D eigenvalue weighted by molar-refractivity contribution is 5.98. The maximum atomic E-state index is 11.3. The van der Waals surface area contributed by atoms with E-state index in [2.05, 4.69) is 16.4 Å². The van der Waals surface area contributed by atoms with Gasteiger partial charge in [-0.25, -0.2) is 0 Å². The van der Waals surface area contributed by atoms with Gasteiger partial charge in [-0.2, -0.15) is 5.26 Å². The molecule has 0 atom stereocenters. The smallest absolute Gasteiger partial charge is 0.267 e. The van der Waals surface area contributed by atoms with Crippen molar-refractivity contribution < 1.29 is 4.79 Å². The van der Waals surface area contributed by atoms with Crippen LogP contribution < -0.4 is 5.32 Å². The molecule has 4 heteroatoms. The predicted molar refractivity (Wildman–Crippen MR) is 56.4 cm³/mol. The van der Waals surface area contributed by atoms with E-state index in [4.69, 9.17) is 5.26 Å². The Morgan fingerprint density at radius 1 is 1.47 bits per heavy atom. The lowest BCUT2D eigenvalue weighted by Crippen LogP contribution is -2.17. The maximum Gasteiger partial charge on any atom is 0.267 e. The zero-order valence-corrected chi connectivity index (χ0v) is 8.16. The number of nitrogens with zero attached hydrogens (tertiary/aromatic N) is 1. The lowest BCUT2D eigenvalue weighted by molar-refractivity contribution is 0.0959. The third-order valence-electron chi connectivity index (χ3n) is 2.22. The number of carbonyl (C=O) groups is 1. The van der Waals surface area contributed by atoms with Crippen molar-refractivity contribution in [3.05, 3.63) is 35.5 Å². The highest BCUT2D eigenvalue weighted by atomic mass is 16.1. The van der Waals surface area contributed by atoms with Crippen LogP contribution in [0.15, 0.2) is 24.3 Å². The van der Waals surface area contributed by atoms with Crippen LogP contribution in [0.3, 0.4) is 0 Å². The Morgan fingerprint density at radius 3 is 2.93 bits per heavy atom. The van der Waals surface area contributed by atoms with E-state index in [9.17, 15) is 4.79 Å². The second-order valence-corrected chi connectivity index (χ2v) is 3.18. The van der Waals surface area contributed by atoms with Gasteiger partial charge in [-0.3, -0.25) is 4.79 Å². The average Bonchev–Trinajstić information content (AvgIpc) is 2.70. The quantitative estimate of drug-likeness (QED) is 0.728. The van der Waals surface area contributed by atoms with Crippen LogP contribution in [0, 0.1) is 11.3 Å². The summed E-state index contributed by atoms with van der Waals surface area (Å²) < 4.78 is 0. The molecule has 1 heterocycles. The first-order valence-corrected chi connectivity index (χ1v) is 4.49. The molecule has 2 aromatic rings. The summed E-state index contributed by atoms with van der Waals surface area (Å²) in [5.74, 6) is -0.162. The van der Waals surface area contributed by atoms with E-state index in [1.807, 2.05) is 0 Å². The van der Waals surface area contributed by atoms with E-state index < -0.39 is 0 Å². The summed E-state index contributed by atoms with van der Waals surface area (Å²) in [6, 6.07) is 9.04. The Labute approximate surface area is 86.5 Å². The van der Waals surface area contributed by atoms with Crippen LogP contribution in [-0.2, 0) is 0 Å². The van der Waals surface area contributed by atoms with Crippen molar-refractivity contribution in [1.82, 2.24) is 10.3 Å². The molecule has 1 amide bonds. The molecular weight excluding hydrogens is 190 g/mol. The van der Waals surface area contributed by atoms with Gasteiger partial charge in [-0.15, -0.1) is 0 Å². The molecule has 0 radical (unpaired) electrons. The largest absolute Gasteiger partial charge is 0.354 e. The highest BCUT2D eigenvalue weighted by Gasteiger charge is 2.07. The van der Waals surface area contributed by atoms with Crippen LogP contribution in [-0.4, -0.2) is 17.9 Å². The summed E-state index contributed by atoms with van der Waals surface area (Å²) in [5, 5.41) is 12.1. The van der Waals surface area contributed by atoms with E-state index in [-0.39, 0.29) is 5.91 Å². The third kappa shape index (κ3) is 1.55. The topological polar surface area (TPSA) is 68.7 Å². The summed E-state index contributed by atoms with van der Waals surface area (Å²) in [4.78, 5) is 14.3. The number of hydrogen-bond donors (Lipinski definition) is 2. The zero-order chi connectivity index (χ0) is 10.8. The molecule has 2 N–H and O–H groups in total. The predicted octanol–water partition coefficient (Wildman–Crippen LogP) is 1.40. The Balaban J connectivity index is 2.57. The van der Waals surface area contributed by atoms with E-state index in [1.54, 1.807) is 31.3 Å². The van der Waals surface area contributed by atoms with Crippen molar-refractivity contribution in [2.24, 2.45) is 0 Å². The number of nitrogens with one attached hydrogen (secondary N) is 2. The van der Waals surface area contributed by atoms with Crippen molar-refractivity contribution >= 4 is 16.8 Å². The third-order valence-corrected chi connectivity index (χ3v) is 2.22.